The summed E-state index contributed by atoms with van der Waals surface area (Å²) in [6.07, 6.45) is 8.48. The first-order valence-corrected chi connectivity index (χ1v) is 6.68. The zero-order valence-corrected chi connectivity index (χ0v) is 10.5. The predicted molar refractivity (Wildman–Crippen MR) is 68.4 cm³/mol. The molecule has 1 saturated heterocycles. The first kappa shape index (κ1) is 11.2. The fourth-order valence-corrected chi connectivity index (χ4v) is 2.58. The van der Waals surface area contributed by atoms with Crippen molar-refractivity contribution in [1.29, 1.82) is 0 Å². The predicted octanol–water partition coefficient (Wildman–Crippen LogP) is 1.85. The molecule has 1 aliphatic heterocycles. The summed E-state index contributed by atoms with van der Waals surface area (Å²) < 4.78 is 0. The van der Waals surface area contributed by atoms with E-state index in [-0.39, 0.29) is 0 Å². The van der Waals surface area contributed by atoms with E-state index in [0.29, 0.717) is 17.2 Å². The van der Waals surface area contributed by atoms with E-state index >= 15 is 0 Å². The Kier molecular flexibility index (Phi) is 3.16. The lowest BCUT2D eigenvalue weighted by Crippen LogP contribution is -2.39. The summed E-state index contributed by atoms with van der Waals surface area (Å²) in [4.78, 5) is 10.9. The lowest BCUT2D eigenvalue weighted by Gasteiger charge is -2.26. The Morgan fingerprint density at radius 3 is 2.88 bits per heavy atom. The minimum Gasteiger partial charge on any atom is -0.351 e. The maximum absolute atomic E-state index is 5.91. The van der Waals surface area contributed by atoms with E-state index in [9.17, 15) is 0 Å². The number of aromatic nitrogens is 2. The second-order valence-corrected chi connectivity index (χ2v) is 5.26. The van der Waals surface area contributed by atoms with Crippen LogP contribution in [0.2, 0.25) is 5.15 Å². The van der Waals surface area contributed by atoms with Crippen LogP contribution in [0.1, 0.15) is 25.7 Å². The summed E-state index contributed by atoms with van der Waals surface area (Å²) in [6.45, 7) is 2.17. The van der Waals surface area contributed by atoms with E-state index in [4.69, 9.17) is 11.6 Å². The van der Waals surface area contributed by atoms with Crippen molar-refractivity contribution in [1.82, 2.24) is 15.3 Å². The van der Waals surface area contributed by atoms with Gasteiger partial charge in [0, 0.05) is 18.6 Å². The summed E-state index contributed by atoms with van der Waals surface area (Å²) in [7, 11) is 0. The van der Waals surface area contributed by atoms with Gasteiger partial charge in [-0.15, -0.1) is 0 Å². The van der Waals surface area contributed by atoms with Gasteiger partial charge in [0.1, 0.15) is 11.0 Å². The van der Waals surface area contributed by atoms with Gasteiger partial charge in [0.15, 0.2) is 0 Å². The molecular formula is C12H17ClN4. The molecule has 1 N–H and O–H groups in total. The van der Waals surface area contributed by atoms with Gasteiger partial charge in [0.2, 0.25) is 0 Å². The first-order valence-electron chi connectivity index (χ1n) is 6.30. The summed E-state index contributed by atoms with van der Waals surface area (Å²) in [5, 5.41) is 4.01. The smallest absolute Gasteiger partial charge is 0.149 e. The van der Waals surface area contributed by atoms with E-state index in [1.54, 1.807) is 6.20 Å². The highest BCUT2D eigenvalue weighted by molar-refractivity contribution is 6.29. The zero-order valence-electron chi connectivity index (χ0n) is 9.77. The first-order chi connectivity index (χ1) is 8.33. The average Bonchev–Trinajstić information content (AvgIpc) is 3.03. The molecule has 17 heavy (non-hydrogen) atoms. The molecule has 4 nitrogen and oxygen atoms in total. The van der Waals surface area contributed by atoms with Crippen molar-refractivity contribution in [3.05, 3.63) is 17.5 Å². The Morgan fingerprint density at radius 1 is 1.35 bits per heavy atom. The topological polar surface area (TPSA) is 41.1 Å². The van der Waals surface area contributed by atoms with Crippen molar-refractivity contribution in [3.63, 3.8) is 0 Å². The molecule has 2 heterocycles. The number of anilines is 1. The maximum Gasteiger partial charge on any atom is 0.149 e. The molecule has 1 saturated carbocycles. The fraction of sp³-hybridized carbons (Fsp3) is 0.667. The average molecular weight is 253 g/mol. The lowest BCUT2D eigenvalue weighted by atomic mass is 10.2. The fourth-order valence-electron chi connectivity index (χ4n) is 2.44. The molecule has 2 fully saturated rings. The lowest BCUT2D eigenvalue weighted by molar-refractivity contribution is 0.575. The van der Waals surface area contributed by atoms with Crippen LogP contribution < -0.4 is 10.2 Å². The highest BCUT2D eigenvalue weighted by Gasteiger charge is 2.32. The Morgan fingerprint density at radius 2 is 2.24 bits per heavy atom. The van der Waals surface area contributed by atoms with Crippen LogP contribution in [0.5, 0.6) is 0 Å². The Labute approximate surface area is 106 Å². The SMILES string of the molecule is Clc1cncc(N(CC2CCCN2)C2CC2)n1. The molecule has 1 unspecified atom stereocenters. The van der Waals surface area contributed by atoms with E-state index in [1.807, 2.05) is 6.20 Å². The standard InChI is InChI=1S/C12H17ClN4/c13-11-6-14-7-12(16-11)17(10-3-4-10)8-9-2-1-5-15-9/h6-7,9-10,15H,1-5,8H2. The minimum atomic E-state index is 0.479. The summed E-state index contributed by atoms with van der Waals surface area (Å²) in [5.74, 6) is 0.925. The van der Waals surface area contributed by atoms with Gasteiger partial charge in [-0.2, -0.15) is 0 Å². The largest absolute Gasteiger partial charge is 0.351 e. The molecule has 2 aliphatic rings. The van der Waals surface area contributed by atoms with Gasteiger partial charge in [0.25, 0.3) is 0 Å². The third kappa shape index (κ3) is 2.69. The number of rotatable bonds is 4. The molecule has 0 amide bonds. The molecule has 92 valence electrons. The molecule has 1 aromatic rings. The van der Waals surface area contributed by atoms with Gasteiger partial charge in [-0.25, -0.2) is 4.98 Å². The van der Waals surface area contributed by atoms with E-state index in [2.05, 4.69) is 20.2 Å². The van der Waals surface area contributed by atoms with Crippen LogP contribution >= 0.6 is 11.6 Å². The highest BCUT2D eigenvalue weighted by Crippen LogP contribution is 2.31. The number of hydrogen-bond donors (Lipinski definition) is 1. The van der Waals surface area contributed by atoms with Crippen LogP contribution in [0.25, 0.3) is 0 Å². The second-order valence-electron chi connectivity index (χ2n) is 4.88. The molecular weight excluding hydrogens is 236 g/mol. The van der Waals surface area contributed by atoms with Gasteiger partial charge in [-0.3, -0.25) is 4.98 Å². The monoisotopic (exact) mass is 252 g/mol. The van der Waals surface area contributed by atoms with Crippen molar-refractivity contribution in [2.24, 2.45) is 0 Å². The summed E-state index contributed by atoms with van der Waals surface area (Å²) in [5.41, 5.74) is 0. The third-order valence-electron chi connectivity index (χ3n) is 3.45. The molecule has 0 aromatic carbocycles. The normalized spacial score (nSPS) is 23.9. The molecule has 3 rings (SSSR count). The van der Waals surface area contributed by atoms with Crippen LogP contribution in [-0.4, -0.2) is 35.1 Å². The Balaban J connectivity index is 1.74. The molecule has 1 aliphatic carbocycles. The van der Waals surface area contributed by atoms with Gasteiger partial charge < -0.3 is 10.2 Å². The van der Waals surface area contributed by atoms with Crippen molar-refractivity contribution >= 4 is 17.4 Å². The van der Waals surface area contributed by atoms with Crippen molar-refractivity contribution in [2.75, 3.05) is 18.0 Å². The minimum absolute atomic E-state index is 0.479. The molecule has 0 spiro atoms. The molecule has 0 bridgehead atoms. The van der Waals surface area contributed by atoms with Gasteiger partial charge in [-0.05, 0) is 32.2 Å². The molecule has 5 heteroatoms. The third-order valence-corrected chi connectivity index (χ3v) is 3.64. The van der Waals surface area contributed by atoms with Crippen molar-refractivity contribution in [2.45, 2.75) is 37.8 Å². The van der Waals surface area contributed by atoms with Crippen LogP contribution in [0, 0.1) is 0 Å². The van der Waals surface area contributed by atoms with Crippen LogP contribution in [0.15, 0.2) is 12.4 Å². The zero-order chi connectivity index (χ0) is 11.7. The van der Waals surface area contributed by atoms with Crippen molar-refractivity contribution in [3.8, 4) is 0 Å². The van der Waals surface area contributed by atoms with Gasteiger partial charge in [0.05, 0.1) is 12.4 Å². The number of nitrogens with zero attached hydrogens (tertiary/aromatic N) is 3. The van der Waals surface area contributed by atoms with Crippen LogP contribution in [0.4, 0.5) is 5.82 Å². The van der Waals surface area contributed by atoms with Crippen molar-refractivity contribution < 1.29 is 0 Å². The van der Waals surface area contributed by atoms with E-state index in [0.717, 1.165) is 18.9 Å². The maximum atomic E-state index is 5.91. The van der Waals surface area contributed by atoms with E-state index in [1.165, 1.54) is 25.7 Å². The molecule has 1 atom stereocenters. The number of nitrogens with one attached hydrogen (secondary N) is 1. The quantitative estimate of drug-likeness (QED) is 0.888. The molecule has 0 radical (unpaired) electrons. The van der Waals surface area contributed by atoms with Gasteiger partial charge >= 0.3 is 0 Å². The number of hydrogen-bond acceptors (Lipinski definition) is 4. The molecule has 1 aromatic heterocycles. The highest BCUT2D eigenvalue weighted by atomic mass is 35.5. The summed E-state index contributed by atoms with van der Waals surface area (Å²) in [6, 6.07) is 1.24. The second kappa shape index (κ2) is 4.78. The van der Waals surface area contributed by atoms with Crippen LogP contribution in [-0.2, 0) is 0 Å². The van der Waals surface area contributed by atoms with Gasteiger partial charge in [-0.1, -0.05) is 11.6 Å². The Hall–Kier alpha value is -0.870. The van der Waals surface area contributed by atoms with Crippen LogP contribution in [0.3, 0.4) is 0 Å². The van der Waals surface area contributed by atoms with E-state index < -0.39 is 0 Å². The Bertz CT molecular complexity index is 388. The number of halogens is 1. The summed E-state index contributed by atoms with van der Waals surface area (Å²) >= 11 is 5.91.